The van der Waals surface area contributed by atoms with Crippen molar-refractivity contribution in [2.45, 2.75) is 51.3 Å². The number of thioether (sulfide) groups is 1. The van der Waals surface area contributed by atoms with E-state index >= 15 is 0 Å². The van der Waals surface area contributed by atoms with Crippen molar-refractivity contribution in [3.05, 3.63) is 40.1 Å². The number of benzene rings is 1. The average molecular weight is 396 g/mol. The van der Waals surface area contributed by atoms with Crippen molar-refractivity contribution in [2.24, 2.45) is 11.1 Å². The normalized spacial score (nSPS) is 18.4. The summed E-state index contributed by atoms with van der Waals surface area (Å²) in [6.45, 7) is 6.16. The van der Waals surface area contributed by atoms with Crippen molar-refractivity contribution in [2.75, 3.05) is 12.4 Å². The third kappa shape index (κ3) is 5.78. The van der Waals surface area contributed by atoms with Gasteiger partial charge in [-0.15, -0.1) is 11.8 Å². The lowest BCUT2D eigenvalue weighted by atomic mass is 9.84. The molecule has 6 heteroatoms. The summed E-state index contributed by atoms with van der Waals surface area (Å²) in [5, 5.41) is 15.0. The van der Waals surface area contributed by atoms with Gasteiger partial charge in [0, 0.05) is 34.8 Å². The Hall–Kier alpha value is -1.46. The van der Waals surface area contributed by atoms with Gasteiger partial charge in [0.05, 0.1) is 11.5 Å². The summed E-state index contributed by atoms with van der Waals surface area (Å²) in [5.41, 5.74) is 2.28. The first-order chi connectivity index (χ1) is 12.4. The number of rotatable bonds is 8. The van der Waals surface area contributed by atoms with Crippen LogP contribution in [-0.4, -0.2) is 29.0 Å². The van der Waals surface area contributed by atoms with Crippen molar-refractivity contribution in [1.82, 2.24) is 0 Å². The van der Waals surface area contributed by atoms with Gasteiger partial charge >= 0.3 is 0 Å². The minimum atomic E-state index is 0.0220. The molecule has 0 aromatic heterocycles. The molecule has 142 valence electrons. The standard InChI is InChI=1S/C20H26ClNO3S/c1-4-25-22-13(2)10-16-18(23)11-15(12-19(16)24)8-9-26-20-7-5-6-17(21)14(20)3/h5-7,15,23H,4,8-12H2,1-3H3. The number of hydrogen-bond donors (Lipinski definition) is 1. The Morgan fingerprint density at radius 2 is 2.19 bits per heavy atom. The topological polar surface area (TPSA) is 58.9 Å². The second-order valence-corrected chi connectivity index (χ2v) is 8.09. The molecule has 1 aliphatic carbocycles. The number of nitrogens with zero attached hydrogens (tertiary/aromatic N) is 1. The molecule has 4 nitrogen and oxygen atoms in total. The van der Waals surface area contributed by atoms with E-state index < -0.39 is 0 Å². The van der Waals surface area contributed by atoms with Gasteiger partial charge < -0.3 is 9.94 Å². The number of oxime groups is 1. The van der Waals surface area contributed by atoms with E-state index in [4.69, 9.17) is 16.4 Å². The van der Waals surface area contributed by atoms with Crippen LogP contribution in [0, 0.1) is 12.8 Å². The highest BCUT2D eigenvalue weighted by Gasteiger charge is 2.27. The summed E-state index contributed by atoms with van der Waals surface area (Å²) in [4.78, 5) is 18.6. The molecule has 1 atom stereocenters. The minimum absolute atomic E-state index is 0.0220. The van der Waals surface area contributed by atoms with Gasteiger partial charge in [-0.3, -0.25) is 4.79 Å². The molecule has 0 bridgehead atoms. The molecule has 0 spiro atoms. The summed E-state index contributed by atoms with van der Waals surface area (Å²) in [6.07, 6.45) is 2.27. The third-order valence-electron chi connectivity index (χ3n) is 4.42. The fraction of sp³-hybridized carbons (Fsp3) is 0.500. The number of aliphatic hydroxyl groups excluding tert-OH is 1. The van der Waals surface area contributed by atoms with Gasteiger partial charge in [0.2, 0.25) is 0 Å². The lowest BCUT2D eigenvalue weighted by Crippen LogP contribution is -2.21. The monoisotopic (exact) mass is 395 g/mol. The molecule has 0 radical (unpaired) electrons. The third-order valence-corrected chi connectivity index (χ3v) is 6.03. The van der Waals surface area contributed by atoms with Gasteiger partial charge in [0.25, 0.3) is 0 Å². The lowest BCUT2D eigenvalue weighted by Gasteiger charge is -2.23. The molecule has 1 unspecified atom stereocenters. The zero-order chi connectivity index (χ0) is 19.1. The van der Waals surface area contributed by atoms with Crippen LogP contribution < -0.4 is 0 Å². The Morgan fingerprint density at radius 3 is 2.88 bits per heavy atom. The smallest absolute Gasteiger partial charge is 0.162 e. The predicted octanol–water partition coefficient (Wildman–Crippen LogP) is 5.72. The minimum Gasteiger partial charge on any atom is -0.512 e. The fourth-order valence-electron chi connectivity index (χ4n) is 2.96. The van der Waals surface area contributed by atoms with Crippen LogP contribution in [-0.2, 0) is 9.63 Å². The molecule has 26 heavy (non-hydrogen) atoms. The number of Topliss-reactive ketones (excluding diaryl/α,β-unsaturated/α-hetero) is 1. The van der Waals surface area contributed by atoms with E-state index in [1.807, 2.05) is 26.0 Å². The van der Waals surface area contributed by atoms with Crippen LogP contribution in [0.15, 0.2) is 39.6 Å². The summed E-state index contributed by atoms with van der Waals surface area (Å²) in [6, 6.07) is 5.91. The van der Waals surface area contributed by atoms with Gasteiger partial charge in [-0.2, -0.15) is 0 Å². The zero-order valence-electron chi connectivity index (χ0n) is 15.5. The Bertz CT molecular complexity index is 715. The van der Waals surface area contributed by atoms with Crippen molar-refractivity contribution >= 4 is 34.9 Å². The maximum Gasteiger partial charge on any atom is 0.162 e. The van der Waals surface area contributed by atoms with E-state index in [-0.39, 0.29) is 17.5 Å². The lowest BCUT2D eigenvalue weighted by molar-refractivity contribution is -0.117. The quantitative estimate of drug-likeness (QED) is 0.347. The van der Waals surface area contributed by atoms with E-state index in [0.717, 1.165) is 22.8 Å². The van der Waals surface area contributed by atoms with Crippen molar-refractivity contribution in [1.29, 1.82) is 0 Å². The maximum atomic E-state index is 12.4. The molecule has 0 heterocycles. The van der Waals surface area contributed by atoms with E-state index in [9.17, 15) is 9.90 Å². The highest BCUT2D eigenvalue weighted by molar-refractivity contribution is 7.99. The van der Waals surface area contributed by atoms with Crippen LogP contribution in [0.25, 0.3) is 0 Å². The molecular weight excluding hydrogens is 370 g/mol. The molecule has 0 fully saturated rings. The molecule has 0 aliphatic heterocycles. The number of allylic oxidation sites excluding steroid dienone is 2. The van der Waals surface area contributed by atoms with Crippen LogP contribution >= 0.6 is 23.4 Å². The van der Waals surface area contributed by atoms with Crippen molar-refractivity contribution in [3.8, 4) is 0 Å². The molecular formula is C20H26ClNO3S. The SMILES string of the molecule is CCON=C(C)CC1=C(O)CC(CCSc2cccc(Cl)c2C)CC1=O. The molecule has 2 rings (SSSR count). The molecule has 1 aliphatic rings. The van der Waals surface area contributed by atoms with Crippen LogP contribution in [0.5, 0.6) is 0 Å². The number of carbonyl (C=O) groups is 1. The first-order valence-corrected chi connectivity index (χ1v) is 10.3. The molecule has 0 amide bonds. The Labute approximate surface area is 164 Å². The Balaban J connectivity index is 1.90. The fourth-order valence-corrected chi connectivity index (χ4v) is 4.37. The maximum absolute atomic E-state index is 12.4. The van der Waals surface area contributed by atoms with Crippen LogP contribution in [0.2, 0.25) is 5.02 Å². The van der Waals surface area contributed by atoms with Crippen molar-refractivity contribution < 1.29 is 14.7 Å². The molecule has 0 saturated heterocycles. The second kappa shape index (κ2) is 10.0. The van der Waals surface area contributed by atoms with E-state index in [2.05, 4.69) is 11.2 Å². The highest BCUT2D eigenvalue weighted by Crippen LogP contribution is 2.33. The molecule has 1 aromatic rings. The largest absolute Gasteiger partial charge is 0.512 e. The Morgan fingerprint density at radius 1 is 1.42 bits per heavy atom. The van der Waals surface area contributed by atoms with Gasteiger partial charge in [0.1, 0.15) is 6.61 Å². The first-order valence-electron chi connectivity index (χ1n) is 8.89. The average Bonchev–Trinajstić information content (AvgIpc) is 2.60. The summed E-state index contributed by atoms with van der Waals surface area (Å²) < 4.78 is 0. The number of halogens is 1. The van der Waals surface area contributed by atoms with Gasteiger partial charge in [-0.05, 0) is 56.6 Å². The Kier molecular flexibility index (Phi) is 8.04. The predicted molar refractivity (Wildman–Crippen MR) is 108 cm³/mol. The highest BCUT2D eigenvalue weighted by atomic mass is 35.5. The van der Waals surface area contributed by atoms with E-state index in [1.54, 1.807) is 18.7 Å². The summed E-state index contributed by atoms with van der Waals surface area (Å²) >= 11 is 7.90. The van der Waals surface area contributed by atoms with Crippen molar-refractivity contribution in [3.63, 3.8) is 0 Å². The number of carbonyl (C=O) groups excluding carboxylic acids is 1. The van der Waals surface area contributed by atoms with Gasteiger partial charge in [-0.1, -0.05) is 22.8 Å². The zero-order valence-corrected chi connectivity index (χ0v) is 17.1. The van der Waals surface area contributed by atoms with E-state index in [1.165, 1.54) is 4.90 Å². The number of ketones is 1. The van der Waals surface area contributed by atoms with Gasteiger partial charge in [-0.25, -0.2) is 0 Å². The van der Waals surface area contributed by atoms with E-state index in [0.29, 0.717) is 37.2 Å². The summed E-state index contributed by atoms with van der Waals surface area (Å²) in [5.74, 6) is 1.31. The summed E-state index contributed by atoms with van der Waals surface area (Å²) in [7, 11) is 0. The number of aliphatic hydroxyl groups is 1. The number of hydrogen-bond acceptors (Lipinski definition) is 5. The molecule has 0 saturated carbocycles. The van der Waals surface area contributed by atoms with Crippen LogP contribution in [0.3, 0.4) is 0 Å². The molecule has 1 N–H and O–H groups in total. The van der Waals surface area contributed by atoms with Gasteiger partial charge in [0.15, 0.2) is 5.78 Å². The van der Waals surface area contributed by atoms with Crippen LogP contribution in [0.1, 0.15) is 45.1 Å². The van der Waals surface area contributed by atoms with Crippen LogP contribution in [0.4, 0.5) is 0 Å². The second-order valence-electron chi connectivity index (χ2n) is 6.54. The first kappa shape index (κ1) is 20.8. The molecule has 1 aromatic carbocycles.